The van der Waals surface area contributed by atoms with Crippen LogP contribution in [-0.2, 0) is 11.3 Å². The predicted octanol–water partition coefficient (Wildman–Crippen LogP) is 3.21. The number of hydrogen-bond acceptors (Lipinski definition) is 4. The van der Waals surface area contributed by atoms with E-state index < -0.39 is 0 Å². The number of ether oxygens (including phenoxy) is 2. The number of pyridine rings is 1. The molecule has 0 amide bonds. The van der Waals surface area contributed by atoms with Crippen LogP contribution in [0.3, 0.4) is 0 Å². The first kappa shape index (κ1) is 16.5. The van der Waals surface area contributed by atoms with E-state index in [9.17, 15) is 0 Å². The van der Waals surface area contributed by atoms with Crippen LogP contribution in [0.4, 0.5) is 0 Å². The molecule has 24 heavy (non-hydrogen) atoms. The molecule has 0 aliphatic carbocycles. The normalized spacial score (nSPS) is 13.8. The van der Waals surface area contributed by atoms with E-state index in [1.165, 1.54) is 5.56 Å². The molecule has 0 aliphatic rings. The lowest BCUT2D eigenvalue weighted by Crippen LogP contribution is -2.32. The van der Waals surface area contributed by atoms with Crippen LogP contribution in [0.5, 0.6) is 5.75 Å². The van der Waals surface area contributed by atoms with Crippen LogP contribution in [0.25, 0.3) is 5.52 Å². The van der Waals surface area contributed by atoms with Gasteiger partial charge in [0.1, 0.15) is 5.75 Å². The number of hydrogen-bond donors (Lipinski definition) is 1. The zero-order chi connectivity index (χ0) is 16.9. The first-order valence-corrected chi connectivity index (χ1v) is 8.04. The van der Waals surface area contributed by atoms with Crippen LogP contribution < -0.4 is 10.1 Å². The minimum absolute atomic E-state index is 0.0299. The Morgan fingerprint density at radius 2 is 1.92 bits per heavy atom. The molecule has 2 aromatic heterocycles. The third-order valence-electron chi connectivity index (χ3n) is 4.27. The van der Waals surface area contributed by atoms with Crippen molar-refractivity contribution in [2.75, 3.05) is 14.2 Å². The van der Waals surface area contributed by atoms with Gasteiger partial charge >= 0.3 is 0 Å². The molecule has 0 saturated heterocycles. The van der Waals surface area contributed by atoms with Crippen molar-refractivity contribution in [1.82, 2.24) is 14.9 Å². The summed E-state index contributed by atoms with van der Waals surface area (Å²) in [6.45, 7) is 2.87. The summed E-state index contributed by atoms with van der Waals surface area (Å²) in [6, 6.07) is 14.2. The van der Waals surface area contributed by atoms with Gasteiger partial charge in [0, 0.05) is 31.5 Å². The highest BCUT2D eigenvalue weighted by atomic mass is 16.5. The lowest BCUT2D eigenvalue weighted by molar-refractivity contribution is 0.0729. The van der Waals surface area contributed by atoms with Gasteiger partial charge in [0.2, 0.25) is 0 Å². The maximum atomic E-state index is 5.70. The van der Waals surface area contributed by atoms with Gasteiger partial charge in [-0.2, -0.15) is 5.10 Å². The SMILES string of the molecule is COc1ccc([C@@H](OC)[C@H](C)NCc2cnn3ccccc23)cc1. The minimum Gasteiger partial charge on any atom is -0.497 e. The second-order valence-corrected chi connectivity index (χ2v) is 5.80. The van der Waals surface area contributed by atoms with E-state index in [-0.39, 0.29) is 12.1 Å². The molecule has 5 heteroatoms. The van der Waals surface area contributed by atoms with Crippen LogP contribution in [0.15, 0.2) is 54.9 Å². The molecule has 0 aliphatic heterocycles. The standard InChI is InChI=1S/C19H23N3O2/c1-14(19(24-3)15-7-9-17(23-2)10-8-15)20-12-16-13-21-22-11-5-4-6-18(16)22/h4-11,13-14,19-20H,12H2,1-3H3/t14-,19-/m0/s1. The van der Waals surface area contributed by atoms with Crippen molar-refractivity contribution in [2.45, 2.75) is 25.6 Å². The topological polar surface area (TPSA) is 47.8 Å². The van der Waals surface area contributed by atoms with Crippen molar-refractivity contribution >= 4 is 5.52 Å². The molecule has 3 aromatic rings. The predicted molar refractivity (Wildman–Crippen MR) is 94.2 cm³/mol. The zero-order valence-corrected chi connectivity index (χ0v) is 14.3. The number of rotatable bonds is 7. The van der Waals surface area contributed by atoms with Crippen LogP contribution in [0.1, 0.15) is 24.2 Å². The highest BCUT2D eigenvalue weighted by Gasteiger charge is 2.19. The Morgan fingerprint density at radius 3 is 2.62 bits per heavy atom. The number of nitrogens with one attached hydrogen (secondary N) is 1. The van der Waals surface area contributed by atoms with Gasteiger partial charge in [-0.25, -0.2) is 4.52 Å². The van der Waals surface area contributed by atoms with E-state index in [4.69, 9.17) is 9.47 Å². The molecule has 0 spiro atoms. The summed E-state index contributed by atoms with van der Waals surface area (Å²) in [5, 5.41) is 7.92. The molecule has 126 valence electrons. The van der Waals surface area contributed by atoms with E-state index in [1.807, 2.05) is 53.3 Å². The maximum absolute atomic E-state index is 5.70. The third-order valence-corrected chi connectivity index (χ3v) is 4.27. The van der Waals surface area contributed by atoms with Crippen LogP contribution >= 0.6 is 0 Å². The smallest absolute Gasteiger partial charge is 0.118 e. The number of aromatic nitrogens is 2. The lowest BCUT2D eigenvalue weighted by Gasteiger charge is -2.24. The Balaban J connectivity index is 1.69. The summed E-state index contributed by atoms with van der Waals surface area (Å²) >= 11 is 0. The molecule has 0 fully saturated rings. The van der Waals surface area contributed by atoms with Crippen molar-refractivity contribution in [1.29, 1.82) is 0 Å². The first-order valence-electron chi connectivity index (χ1n) is 8.04. The molecule has 0 bridgehead atoms. The average molecular weight is 325 g/mol. The molecular weight excluding hydrogens is 302 g/mol. The van der Waals surface area contributed by atoms with Gasteiger partial charge in [-0.15, -0.1) is 0 Å². The molecule has 2 heterocycles. The van der Waals surface area contributed by atoms with Crippen molar-refractivity contribution in [3.8, 4) is 5.75 Å². The van der Waals surface area contributed by atoms with E-state index in [1.54, 1.807) is 14.2 Å². The summed E-state index contributed by atoms with van der Waals surface area (Å²) in [6.07, 6.45) is 3.83. The quantitative estimate of drug-likeness (QED) is 0.725. The average Bonchev–Trinajstić information content (AvgIpc) is 3.04. The first-order chi connectivity index (χ1) is 11.7. The van der Waals surface area contributed by atoms with Gasteiger partial charge < -0.3 is 14.8 Å². The van der Waals surface area contributed by atoms with Gasteiger partial charge in [-0.3, -0.25) is 0 Å². The number of fused-ring (bicyclic) bond motifs is 1. The summed E-state index contributed by atoms with van der Waals surface area (Å²) in [7, 11) is 3.41. The van der Waals surface area contributed by atoms with Gasteiger partial charge in [-0.1, -0.05) is 18.2 Å². The van der Waals surface area contributed by atoms with E-state index in [2.05, 4.69) is 23.4 Å². The van der Waals surface area contributed by atoms with Crippen molar-refractivity contribution in [3.05, 3.63) is 66.0 Å². The largest absolute Gasteiger partial charge is 0.497 e. The molecule has 1 N–H and O–H groups in total. The highest BCUT2D eigenvalue weighted by molar-refractivity contribution is 5.53. The minimum atomic E-state index is -0.0299. The molecule has 2 atom stereocenters. The molecule has 0 radical (unpaired) electrons. The molecule has 1 aromatic carbocycles. The Labute approximate surface area is 142 Å². The fourth-order valence-electron chi connectivity index (χ4n) is 2.92. The number of nitrogens with zero attached hydrogens (tertiary/aromatic N) is 2. The van der Waals surface area contributed by atoms with Gasteiger partial charge in [0.05, 0.1) is 24.9 Å². The fourth-order valence-corrected chi connectivity index (χ4v) is 2.92. The van der Waals surface area contributed by atoms with Crippen molar-refractivity contribution in [3.63, 3.8) is 0 Å². The monoisotopic (exact) mass is 325 g/mol. The Kier molecular flexibility index (Phi) is 5.13. The molecule has 0 unspecified atom stereocenters. The van der Waals surface area contributed by atoms with Crippen LogP contribution in [-0.4, -0.2) is 29.9 Å². The molecular formula is C19H23N3O2. The molecule has 5 nitrogen and oxygen atoms in total. The summed E-state index contributed by atoms with van der Waals surface area (Å²) < 4.78 is 12.8. The summed E-state index contributed by atoms with van der Waals surface area (Å²) in [5.74, 6) is 0.848. The van der Waals surface area contributed by atoms with Gasteiger partial charge in [-0.05, 0) is 36.8 Å². The maximum Gasteiger partial charge on any atom is 0.118 e. The highest BCUT2D eigenvalue weighted by Crippen LogP contribution is 2.23. The Morgan fingerprint density at radius 1 is 1.12 bits per heavy atom. The van der Waals surface area contributed by atoms with Crippen molar-refractivity contribution in [2.24, 2.45) is 0 Å². The number of methoxy groups -OCH3 is 2. The Hall–Kier alpha value is -2.37. The lowest BCUT2D eigenvalue weighted by atomic mass is 10.0. The Bertz CT molecular complexity index is 783. The van der Waals surface area contributed by atoms with E-state index >= 15 is 0 Å². The van der Waals surface area contributed by atoms with Crippen LogP contribution in [0, 0.1) is 0 Å². The van der Waals surface area contributed by atoms with Gasteiger partial charge in [0.15, 0.2) is 0 Å². The van der Waals surface area contributed by atoms with E-state index in [0.29, 0.717) is 0 Å². The second-order valence-electron chi connectivity index (χ2n) is 5.80. The van der Waals surface area contributed by atoms with Crippen molar-refractivity contribution < 1.29 is 9.47 Å². The second kappa shape index (κ2) is 7.47. The zero-order valence-electron chi connectivity index (χ0n) is 14.3. The molecule has 0 saturated carbocycles. The summed E-state index contributed by atoms with van der Waals surface area (Å²) in [5.41, 5.74) is 3.42. The fraction of sp³-hybridized carbons (Fsp3) is 0.316. The van der Waals surface area contributed by atoms with E-state index in [0.717, 1.165) is 23.4 Å². The van der Waals surface area contributed by atoms with Crippen LogP contribution in [0.2, 0.25) is 0 Å². The number of benzene rings is 1. The summed E-state index contributed by atoms with van der Waals surface area (Å²) in [4.78, 5) is 0. The molecule has 3 rings (SSSR count). The third kappa shape index (κ3) is 3.42. The van der Waals surface area contributed by atoms with Gasteiger partial charge in [0.25, 0.3) is 0 Å².